The summed E-state index contributed by atoms with van der Waals surface area (Å²) in [6.45, 7) is 0. The molecule has 0 fully saturated rings. The summed E-state index contributed by atoms with van der Waals surface area (Å²) in [5, 5.41) is 7.77. The van der Waals surface area contributed by atoms with Gasteiger partial charge in [0.1, 0.15) is 0 Å². The van der Waals surface area contributed by atoms with Crippen molar-refractivity contribution in [2.45, 2.75) is 6.42 Å². The van der Waals surface area contributed by atoms with Crippen molar-refractivity contribution < 1.29 is 0 Å². The van der Waals surface area contributed by atoms with Crippen LogP contribution in [0.1, 0.15) is 11.1 Å². The van der Waals surface area contributed by atoms with Crippen molar-refractivity contribution in [3.8, 4) is 11.1 Å². The largest absolute Gasteiger partial charge is 0.0622 e. The quantitative estimate of drug-likeness (QED) is 0.264. The Labute approximate surface area is 182 Å². The average molecular weight is 395 g/mol. The molecule has 0 unspecified atom stereocenters. The van der Waals surface area contributed by atoms with Crippen LogP contribution in [0.4, 0.5) is 0 Å². The average Bonchev–Trinajstić information content (AvgIpc) is 2.83. The van der Waals surface area contributed by atoms with Crippen molar-refractivity contribution in [2.75, 3.05) is 0 Å². The highest BCUT2D eigenvalue weighted by molar-refractivity contribution is 6.10. The summed E-state index contributed by atoms with van der Waals surface area (Å²) in [6.07, 6.45) is 0.919. The molecule has 0 bridgehead atoms. The van der Waals surface area contributed by atoms with Crippen molar-refractivity contribution in [1.29, 1.82) is 0 Å². The summed E-state index contributed by atoms with van der Waals surface area (Å²) in [6, 6.07) is 44.1. The van der Waals surface area contributed by atoms with Gasteiger partial charge in [-0.15, -0.1) is 0 Å². The molecule has 0 aromatic heterocycles. The van der Waals surface area contributed by atoms with Crippen LogP contribution in [0.25, 0.3) is 43.4 Å². The molecule has 6 aromatic rings. The van der Waals surface area contributed by atoms with Gasteiger partial charge in [-0.25, -0.2) is 0 Å². The Morgan fingerprint density at radius 3 is 1.94 bits per heavy atom. The van der Waals surface area contributed by atoms with Crippen LogP contribution in [0.2, 0.25) is 0 Å². The molecule has 0 saturated carbocycles. The van der Waals surface area contributed by atoms with Crippen molar-refractivity contribution >= 4 is 32.3 Å². The highest BCUT2D eigenvalue weighted by Gasteiger charge is 2.14. The van der Waals surface area contributed by atoms with E-state index in [1.165, 1.54) is 54.6 Å². The van der Waals surface area contributed by atoms with Crippen LogP contribution in [-0.2, 0) is 6.42 Å². The van der Waals surface area contributed by atoms with Crippen LogP contribution in [0, 0.1) is 0 Å². The van der Waals surface area contributed by atoms with Crippen LogP contribution < -0.4 is 0 Å². The predicted octanol–water partition coefficient (Wildman–Crippen LogP) is 8.40. The summed E-state index contributed by atoms with van der Waals surface area (Å²) >= 11 is 0. The molecule has 0 N–H and O–H groups in total. The van der Waals surface area contributed by atoms with E-state index in [1.807, 2.05) is 0 Å². The molecule has 0 heteroatoms. The number of benzene rings is 6. The molecule has 0 aliphatic carbocycles. The highest BCUT2D eigenvalue weighted by Crippen LogP contribution is 2.39. The zero-order valence-electron chi connectivity index (χ0n) is 17.3. The maximum atomic E-state index is 2.37. The zero-order valence-corrected chi connectivity index (χ0v) is 17.3. The smallest absolute Gasteiger partial charge is 0.00194 e. The number of hydrogen-bond acceptors (Lipinski definition) is 0. The van der Waals surface area contributed by atoms with E-state index in [0.717, 1.165) is 6.42 Å². The summed E-state index contributed by atoms with van der Waals surface area (Å²) in [5.74, 6) is 0. The molecule has 0 aliphatic heterocycles. The van der Waals surface area contributed by atoms with E-state index in [0.29, 0.717) is 0 Å². The second kappa shape index (κ2) is 7.41. The Hall–Kier alpha value is -3.90. The fourth-order valence-electron chi connectivity index (χ4n) is 4.78. The minimum Gasteiger partial charge on any atom is -0.0622 e. The molecule has 0 atom stereocenters. The molecule has 0 amide bonds. The third-order valence-electron chi connectivity index (χ3n) is 6.27. The Balaban J connectivity index is 1.70. The van der Waals surface area contributed by atoms with Gasteiger partial charge in [0.25, 0.3) is 0 Å². The molecule has 0 radical (unpaired) electrons. The molecule has 0 nitrogen and oxygen atoms in total. The monoisotopic (exact) mass is 394 g/mol. The van der Waals surface area contributed by atoms with Crippen LogP contribution in [0.3, 0.4) is 0 Å². The molecular formula is C31H22. The van der Waals surface area contributed by atoms with Crippen molar-refractivity contribution in [1.82, 2.24) is 0 Å². The van der Waals surface area contributed by atoms with Gasteiger partial charge >= 0.3 is 0 Å². The van der Waals surface area contributed by atoms with Gasteiger partial charge in [0, 0.05) is 0 Å². The number of rotatable bonds is 3. The second-order valence-electron chi connectivity index (χ2n) is 8.21. The van der Waals surface area contributed by atoms with Crippen LogP contribution in [0.5, 0.6) is 0 Å². The van der Waals surface area contributed by atoms with E-state index >= 15 is 0 Å². The molecule has 0 heterocycles. The summed E-state index contributed by atoms with van der Waals surface area (Å²) in [5.41, 5.74) is 5.36. The predicted molar refractivity (Wildman–Crippen MR) is 134 cm³/mol. The van der Waals surface area contributed by atoms with Gasteiger partial charge in [-0.1, -0.05) is 109 Å². The fourth-order valence-corrected chi connectivity index (χ4v) is 4.78. The first-order valence-electron chi connectivity index (χ1n) is 10.8. The van der Waals surface area contributed by atoms with E-state index in [1.54, 1.807) is 0 Å². The highest BCUT2D eigenvalue weighted by atomic mass is 14.2. The minimum absolute atomic E-state index is 0.919. The summed E-state index contributed by atoms with van der Waals surface area (Å²) in [7, 11) is 0. The molecule has 0 saturated heterocycles. The minimum atomic E-state index is 0.919. The van der Waals surface area contributed by atoms with Gasteiger partial charge < -0.3 is 0 Å². The van der Waals surface area contributed by atoms with Crippen molar-refractivity contribution in [2.24, 2.45) is 0 Å². The Morgan fingerprint density at radius 1 is 0.419 bits per heavy atom. The standard InChI is InChI=1S/C31H22/c1-2-9-22(10-3-1)19-27-18-17-26-20-24-12-4-5-13-25(24)21-30(26)31(27)29-16-8-14-23-11-6-7-15-28(23)29/h1-18,20-21H,19H2. The van der Waals surface area contributed by atoms with E-state index in [4.69, 9.17) is 0 Å². The van der Waals surface area contributed by atoms with E-state index in [2.05, 4.69) is 121 Å². The van der Waals surface area contributed by atoms with Gasteiger partial charge in [-0.05, 0) is 73.1 Å². The number of fused-ring (bicyclic) bond motifs is 3. The van der Waals surface area contributed by atoms with Crippen LogP contribution in [0.15, 0.2) is 121 Å². The van der Waals surface area contributed by atoms with Crippen LogP contribution in [-0.4, -0.2) is 0 Å². The number of hydrogen-bond donors (Lipinski definition) is 0. The summed E-state index contributed by atoms with van der Waals surface area (Å²) < 4.78 is 0. The maximum Gasteiger partial charge on any atom is -0.00194 e. The topological polar surface area (TPSA) is 0 Å². The SMILES string of the molecule is c1ccc(Cc2ccc3cc4ccccc4cc3c2-c2cccc3ccccc23)cc1. The van der Waals surface area contributed by atoms with E-state index < -0.39 is 0 Å². The van der Waals surface area contributed by atoms with Crippen LogP contribution >= 0.6 is 0 Å². The molecule has 146 valence electrons. The maximum absolute atomic E-state index is 2.37. The van der Waals surface area contributed by atoms with Crippen molar-refractivity contribution in [3.63, 3.8) is 0 Å². The fraction of sp³-hybridized carbons (Fsp3) is 0.0323. The zero-order chi connectivity index (χ0) is 20.6. The molecule has 0 aliphatic rings. The first-order chi connectivity index (χ1) is 15.4. The lowest BCUT2D eigenvalue weighted by atomic mass is 9.87. The lowest BCUT2D eigenvalue weighted by Crippen LogP contribution is -1.95. The van der Waals surface area contributed by atoms with Gasteiger partial charge in [0.05, 0.1) is 0 Å². The van der Waals surface area contributed by atoms with Gasteiger partial charge in [-0.3, -0.25) is 0 Å². The summed E-state index contributed by atoms with van der Waals surface area (Å²) in [4.78, 5) is 0. The van der Waals surface area contributed by atoms with Gasteiger partial charge in [0.2, 0.25) is 0 Å². The Morgan fingerprint density at radius 2 is 1.10 bits per heavy atom. The second-order valence-corrected chi connectivity index (χ2v) is 8.21. The first kappa shape index (κ1) is 17.9. The van der Waals surface area contributed by atoms with E-state index in [-0.39, 0.29) is 0 Å². The molecule has 0 spiro atoms. The van der Waals surface area contributed by atoms with Gasteiger partial charge in [0.15, 0.2) is 0 Å². The lowest BCUT2D eigenvalue weighted by molar-refractivity contribution is 1.20. The first-order valence-corrected chi connectivity index (χ1v) is 10.8. The molecule has 31 heavy (non-hydrogen) atoms. The Kier molecular flexibility index (Phi) is 4.28. The van der Waals surface area contributed by atoms with Crippen molar-refractivity contribution in [3.05, 3.63) is 132 Å². The molecule has 6 rings (SSSR count). The third-order valence-corrected chi connectivity index (χ3v) is 6.27. The third kappa shape index (κ3) is 3.17. The normalized spacial score (nSPS) is 11.4. The van der Waals surface area contributed by atoms with Gasteiger partial charge in [-0.2, -0.15) is 0 Å². The Bertz CT molecular complexity index is 1540. The molecular weight excluding hydrogens is 372 g/mol. The molecule has 6 aromatic carbocycles. The van der Waals surface area contributed by atoms with E-state index in [9.17, 15) is 0 Å². The lowest BCUT2D eigenvalue weighted by Gasteiger charge is -2.17.